The summed E-state index contributed by atoms with van der Waals surface area (Å²) in [7, 11) is 0. The third kappa shape index (κ3) is 2.85. The maximum atomic E-state index is 5.62. The monoisotopic (exact) mass is 207 g/mol. The van der Waals surface area contributed by atoms with Crippen LogP contribution in [0.3, 0.4) is 0 Å². The number of rotatable bonds is 3. The zero-order valence-corrected chi connectivity index (χ0v) is 9.75. The van der Waals surface area contributed by atoms with Crippen LogP contribution in [0.25, 0.3) is 0 Å². The summed E-state index contributed by atoms with van der Waals surface area (Å²) in [6.07, 6.45) is 6.81. The lowest BCUT2D eigenvalue weighted by Gasteiger charge is -2.25. The molecule has 84 valence electrons. The molecule has 1 aliphatic carbocycles. The summed E-state index contributed by atoms with van der Waals surface area (Å²) >= 11 is 0. The van der Waals surface area contributed by atoms with E-state index in [1.165, 1.54) is 32.1 Å². The molecule has 0 aromatic carbocycles. The molecule has 1 atom stereocenters. The summed E-state index contributed by atoms with van der Waals surface area (Å²) in [6, 6.07) is 5.16. The molecule has 1 heterocycles. The number of furan rings is 1. The molecule has 0 unspecified atom stereocenters. The van der Waals surface area contributed by atoms with E-state index in [2.05, 4.69) is 18.3 Å². The van der Waals surface area contributed by atoms with Crippen molar-refractivity contribution in [2.75, 3.05) is 0 Å². The maximum Gasteiger partial charge on any atom is 0.120 e. The van der Waals surface area contributed by atoms with Crippen LogP contribution in [0.2, 0.25) is 0 Å². The molecule has 2 heteroatoms. The molecular formula is C13H21NO. The van der Waals surface area contributed by atoms with Gasteiger partial charge in [-0.2, -0.15) is 0 Å². The van der Waals surface area contributed by atoms with Gasteiger partial charge in [-0.3, -0.25) is 0 Å². The number of hydrogen-bond donors (Lipinski definition) is 1. The fourth-order valence-electron chi connectivity index (χ4n) is 2.39. The molecule has 0 saturated heterocycles. The van der Waals surface area contributed by atoms with Crippen LogP contribution in [-0.4, -0.2) is 6.04 Å². The molecule has 1 aliphatic rings. The van der Waals surface area contributed by atoms with E-state index in [1.807, 2.05) is 13.0 Å². The highest BCUT2D eigenvalue weighted by Gasteiger charge is 2.17. The molecule has 0 aliphatic heterocycles. The first-order valence-electron chi connectivity index (χ1n) is 6.08. The maximum absolute atomic E-state index is 5.62. The minimum atomic E-state index is 0.349. The molecule has 1 fully saturated rings. The van der Waals surface area contributed by atoms with Crippen LogP contribution in [0.15, 0.2) is 16.5 Å². The van der Waals surface area contributed by atoms with Crippen molar-refractivity contribution in [2.24, 2.45) is 0 Å². The molecular weight excluding hydrogens is 186 g/mol. The number of hydrogen-bond acceptors (Lipinski definition) is 2. The first-order chi connectivity index (χ1) is 7.25. The van der Waals surface area contributed by atoms with Crippen molar-refractivity contribution in [1.82, 2.24) is 5.32 Å². The van der Waals surface area contributed by atoms with Crippen LogP contribution in [0.1, 0.15) is 56.6 Å². The topological polar surface area (TPSA) is 25.2 Å². The lowest BCUT2D eigenvalue weighted by atomic mass is 9.95. The smallest absolute Gasteiger partial charge is 0.120 e. The predicted molar refractivity (Wildman–Crippen MR) is 61.9 cm³/mol. The first kappa shape index (κ1) is 10.7. The Bertz CT molecular complexity index is 299. The fourth-order valence-corrected chi connectivity index (χ4v) is 2.39. The largest absolute Gasteiger partial charge is 0.465 e. The van der Waals surface area contributed by atoms with Gasteiger partial charge in [-0.1, -0.05) is 19.3 Å². The normalized spacial score (nSPS) is 20.4. The minimum absolute atomic E-state index is 0.349. The van der Waals surface area contributed by atoms with Crippen LogP contribution >= 0.6 is 0 Å². The van der Waals surface area contributed by atoms with Crippen molar-refractivity contribution in [3.8, 4) is 0 Å². The lowest BCUT2D eigenvalue weighted by molar-refractivity contribution is 0.321. The van der Waals surface area contributed by atoms with E-state index in [4.69, 9.17) is 4.42 Å². The molecule has 0 spiro atoms. The summed E-state index contributed by atoms with van der Waals surface area (Å²) in [4.78, 5) is 0. The van der Waals surface area contributed by atoms with Crippen molar-refractivity contribution in [3.05, 3.63) is 23.7 Å². The Morgan fingerprint density at radius 3 is 2.60 bits per heavy atom. The van der Waals surface area contributed by atoms with E-state index in [0.29, 0.717) is 12.1 Å². The zero-order valence-electron chi connectivity index (χ0n) is 9.75. The van der Waals surface area contributed by atoms with Gasteiger partial charge in [0, 0.05) is 6.04 Å². The van der Waals surface area contributed by atoms with E-state index in [9.17, 15) is 0 Å². The van der Waals surface area contributed by atoms with Crippen molar-refractivity contribution in [3.63, 3.8) is 0 Å². The quantitative estimate of drug-likeness (QED) is 0.819. The molecule has 0 radical (unpaired) electrons. The highest BCUT2D eigenvalue weighted by molar-refractivity contribution is 5.09. The molecule has 15 heavy (non-hydrogen) atoms. The summed E-state index contributed by atoms with van der Waals surface area (Å²) in [5.74, 6) is 2.07. The molecule has 1 aromatic heterocycles. The van der Waals surface area contributed by atoms with Crippen molar-refractivity contribution >= 4 is 0 Å². The second-order valence-electron chi connectivity index (χ2n) is 4.67. The second kappa shape index (κ2) is 4.84. The molecule has 0 amide bonds. The Morgan fingerprint density at radius 1 is 1.27 bits per heavy atom. The molecule has 1 saturated carbocycles. The lowest BCUT2D eigenvalue weighted by Crippen LogP contribution is -2.32. The third-order valence-corrected chi connectivity index (χ3v) is 3.28. The number of aryl methyl sites for hydroxylation is 1. The SMILES string of the molecule is Cc1ccc([C@H](C)NC2CCCCC2)o1. The fraction of sp³-hybridized carbons (Fsp3) is 0.692. The highest BCUT2D eigenvalue weighted by Crippen LogP contribution is 2.22. The third-order valence-electron chi connectivity index (χ3n) is 3.28. The summed E-state index contributed by atoms with van der Waals surface area (Å²) in [6.45, 7) is 4.18. The van der Waals surface area contributed by atoms with Gasteiger partial charge in [0.1, 0.15) is 11.5 Å². The molecule has 1 aromatic rings. The van der Waals surface area contributed by atoms with Gasteiger partial charge in [0.2, 0.25) is 0 Å². The highest BCUT2D eigenvalue weighted by atomic mass is 16.3. The molecule has 1 N–H and O–H groups in total. The summed E-state index contributed by atoms with van der Waals surface area (Å²) < 4.78 is 5.62. The van der Waals surface area contributed by atoms with Crippen LogP contribution in [-0.2, 0) is 0 Å². The Balaban J connectivity index is 1.88. The number of nitrogens with one attached hydrogen (secondary N) is 1. The first-order valence-corrected chi connectivity index (χ1v) is 6.08. The van der Waals surface area contributed by atoms with Gasteiger partial charge in [0.15, 0.2) is 0 Å². The van der Waals surface area contributed by atoms with Gasteiger partial charge in [-0.25, -0.2) is 0 Å². The van der Waals surface area contributed by atoms with E-state index >= 15 is 0 Å². The van der Waals surface area contributed by atoms with E-state index in [-0.39, 0.29) is 0 Å². The van der Waals surface area contributed by atoms with Crippen LogP contribution in [0.4, 0.5) is 0 Å². The van der Waals surface area contributed by atoms with Gasteiger partial charge in [-0.15, -0.1) is 0 Å². The van der Waals surface area contributed by atoms with Crippen LogP contribution < -0.4 is 5.32 Å². The van der Waals surface area contributed by atoms with E-state index in [1.54, 1.807) is 0 Å². The Kier molecular flexibility index (Phi) is 3.47. The van der Waals surface area contributed by atoms with Gasteiger partial charge < -0.3 is 9.73 Å². The Labute approximate surface area is 92.1 Å². The second-order valence-corrected chi connectivity index (χ2v) is 4.67. The summed E-state index contributed by atoms with van der Waals surface area (Å²) in [5, 5.41) is 3.65. The van der Waals surface area contributed by atoms with Gasteiger partial charge in [0.25, 0.3) is 0 Å². The minimum Gasteiger partial charge on any atom is -0.465 e. The Hall–Kier alpha value is -0.760. The van der Waals surface area contributed by atoms with E-state index < -0.39 is 0 Å². The molecule has 2 nitrogen and oxygen atoms in total. The molecule has 0 bridgehead atoms. The summed E-state index contributed by atoms with van der Waals surface area (Å²) in [5.41, 5.74) is 0. The van der Waals surface area contributed by atoms with Gasteiger partial charge in [-0.05, 0) is 38.8 Å². The van der Waals surface area contributed by atoms with Gasteiger partial charge >= 0.3 is 0 Å². The zero-order chi connectivity index (χ0) is 10.7. The average Bonchev–Trinajstić information content (AvgIpc) is 2.66. The predicted octanol–water partition coefficient (Wildman–Crippen LogP) is 3.57. The van der Waals surface area contributed by atoms with Crippen LogP contribution in [0, 0.1) is 6.92 Å². The van der Waals surface area contributed by atoms with Crippen molar-refractivity contribution in [2.45, 2.75) is 58.0 Å². The molecule has 2 rings (SSSR count). The Morgan fingerprint density at radius 2 is 2.00 bits per heavy atom. The van der Waals surface area contributed by atoms with Gasteiger partial charge in [0.05, 0.1) is 6.04 Å². The van der Waals surface area contributed by atoms with Crippen LogP contribution in [0.5, 0.6) is 0 Å². The van der Waals surface area contributed by atoms with E-state index in [0.717, 1.165) is 11.5 Å². The van der Waals surface area contributed by atoms with Crippen molar-refractivity contribution in [1.29, 1.82) is 0 Å². The average molecular weight is 207 g/mol. The van der Waals surface area contributed by atoms with Crippen molar-refractivity contribution < 1.29 is 4.42 Å². The standard InChI is InChI=1S/C13H21NO/c1-10-8-9-13(15-10)11(2)14-12-6-4-3-5-7-12/h8-9,11-12,14H,3-7H2,1-2H3/t11-/m0/s1.